The maximum atomic E-state index is 13.0. The molecular weight excluding hydrogens is 362 g/mol. The summed E-state index contributed by atoms with van der Waals surface area (Å²) in [6, 6.07) is 14.8. The second-order valence-corrected chi connectivity index (χ2v) is 7.03. The van der Waals surface area contributed by atoms with Crippen LogP contribution in [-0.4, -0.2) is 37.5 Å². The number of hydrogen-bond acceptors (Lipinski definition) is 5. The SMILES string of the molecule is CCCN1C(=O)C(Sc2ccccc2)=C(c2ccc(OC)c(OC)c2)C1=O. The van der Waals surface area contributed by atoms with Crippen LogP contribution >= 0.6 is 11.8 Å². The van der Waals surface area contributed by atoms with Gasteiger partial charge in [-0.2, -0.15) is 0 Å². The number of nitrogens with zero attached hydrogens (tertiary/aromatic N) is 1. The van der Waals surface area contributed by atoms with E-state index in [2.05, 4.69) is 0 Å². The standard InChI is InChI=1S/C21H21NO4S/c1-4-12-22-20(23)18(14-10-11-16(25-2)17(13-14)26-3)19(21(22)24)27-15-8-6-5-7-9-15/h5-11,13H,4,12H2,1-3H3. The predicted octanol–water partition coefficient (Wildman–Crippen LogP) is 3.99. The zero-order valence-corrected chi connectivity index (χ0v) is 16.3. The van der Waals surface area contributed by atoms with Gasteiger partial charge in [-0.05, 0) is 36.2 Å². The Kier molecular flexibility index (Phi) is 5.86. The van der Waals surface area contributed by atoms with Gasteiger partial charge in [0.05, 0.1) is 24.7 Å². The molecule has 0 fully saturated rings. The van der Waals surface area contributed by atoms with Crippen LogP contribution in [0, 0.1) is 0 Å². The Morgan fingerprint density at radius 2 is 1.63 bits per heavy atom. The summed E-state index contributed by atoms with van der Waals surface area (Å²) >= 11 is 1.31. The van der Waals surface area contributed by atoms with Crippen molar-refractivity contribution in [1.29, 1.82) is 0 Å². The van der Waals surface area contributed by atoms with Crippen LogP contribution < -0.4 is 9.47 Å². The summed E-state index contributed by atoms with van der Waals surface area (Å²) in [6.45, 7) is 2.34. The molecule has 0 atom stereocenters. The molecular formula is C21H21NO4S. The van der Waals surface area contributed by atoms with Crippen molar-refractivity contribution in [3.05, 3.63) is 59.0 Å². The lowest BCUT2D eigenvalue weighted by atomic mass is 10.1. The minimum atomic E-state index is -0.271. The Hall–Kier alpha value is -2.73. The zero-order chi connectivity index (χ0) is 19.4. The first kappa shape index (κ1) is 19.0. The average Bonchev–Trinajstić information content (AvgIpc) is 2.93. The average molecular weight is 383 g/mol. The minimum Gasteiger partial charge on any atom is -0.493 e. The number of thioether (sulfide) groups is 1. The Balaban J connectivity index is 2.10. The van der Waals surface area contributed by atoms with Crippen LogP contribution in [0.1, 0.15) is 18.9 Å². The molecule has 0 saturated heterocycles. The van der Waals surface area contributed by atoms with Crippen LogP contribution in [0.5, 0.6) is 11.5 Å². The summed E-state index contributed by atoms with van der Waals surface area (Å²) in [5.41, 5.74) is 1.05. The van der Waals surface area contributed by atoms with Gasteiger partial charge in [0.1, 0.15) is 0 Å². The molecule has 1 aliphatic heterocycles. The summed E-state index contributed by atoms with van der Waals surface area (Å²) in [4.78, 5) is 28.6. The lowest BCUT2D eigenvalue weighted by molar-refractivity contribution is -0.136. The Labute approximate surface area is 163 Å². The van der Waals surface area contributed by atoms with Gasteiger partial charge in [0, 0.05) is 11.4 Å². The van der Waals surface area contributed by atoms with Gasteiger partial charge in [-0.15, -0.1) is 0 Å². The largest absolute Gasteiger partial charge is 0.493 e. The quantitative estimate of drug-likeness (QED) is 0.677. The van der Waals surface area contributed by atoms with Crippen molar-refractivity contribution in [3.63, 3.8) is 0 Å². The zero-order valence-electron chi connectivity index (χ0n) is 15.5. The van der Waals surface area contributed by atoms with E-state index in [4.69, 9.17) is 9.47 Å². The molecule has 0 aromatic heterocycles. The minimum absolute atomic E-state index is 0.250. The molecule has 2 amide bonds. The lowest BCUT2D eigenvalue weighted by Crippen LogP contribution is -2.32. The third-order valence-electron chi connectivity index (χ3n) is 4.21. The number of ether oxygens (including phenoxy) is 2. The fraction of sp³-hybridized carbons (Fsp3) is 0.238. The van der Waals surface area contributed by atoms with E-state index in [-0.39, 0.29) is 11.8 Å². The van der Waals surface area contributed by atoms with E-state index >= 15 is 0 Å². The van der Waals surface area contributed by atoms with Gasteiger partial charge >= 0.3 is 0 Å². The Morgan fingerprint density at radius 3 is 2.26 bits per heavy atom. The molecule has 0 N–H and O–H groups in total. The van der Waals surface area contributed by atoms with Gasteiger partial charge in [0.25, 0.3) is 11.8 Å². The maximum Gasteiger partial charge on any atom is 0.268 e. The topological polar surface area (TPSA) is 55.8 Å². The predicted molar refractivity (Wildman–Crippen MR) is 106 cm³/mol. The van der Waals surface area contributed by atoms with Crippen LogP contribution in [0.3, 0.4) is 0 Å². The van der Waals surface area contributed by atoms with Gasteiger partial charge in [-0.25, -0.2) is 0 Å². The molecule has 2 aromatic rings. The maximum absolute atomic E-state index is 13.0. The highest BCUT2D eigenvalue weighted by molar-refractivity contribution is 8.04. The van der Waals surface area contributed by atoms with Crippen molar-refractivity contribution in [1.82, 2.24) is 4.90 Å². The third kappa shape index (κ3) is 3.71. The van der Waals surface area contributed by atoms with Gasteiger partial charge < -0.3 is 9.47 Å². The number of amides is 2. The highest BCUT2D eigenvalue weighted by Gasteiger charge is 2.39. The highest BCUT2D eigenvalue weighted by atomic mass is 32.2. The first-order valence-corrected chi connectivity index (χ1v) is 9.48. The van der Waals surface area contributed by atoms with Gasteiger partial charge in [-0.3, -0.25) is 14.5 Å². The van der Waals surface area contributed by atoms with Crippen molar-refractivity contribution >= 4 is 29.1 Å². The lowest BCUT2D eigenvalue weighted by Gasteiger charge is -2.14. The monoisotopic (exact) mass is 383 g/mol. The molecule has 3 rings (SSSR count). The molecule has 1 aliphatic rings. The van der Waals surface area contributed by atoms with E-state index in [0.29, 0.717) is 40.5 Å². The van der Waals surface area contributed by atoms with Gasteiger partial charge in [-0.1, -0.05) is 43.0 Å². The van der Waals surface area contributed by atoms with E-state index < -0.39 is 0 Å². The molecule has 0 bridgehead atoms. The van der Waals surface area contributed by atoms with E-state index in [9.17, 15) is 9.59 Å². The molecule has 140 valence electrons. The highest BCUT2D eigenvalue weighted by Crippen LogP contribution is 2.41. The van der Waals surface area contributed by atoms with Gasteiger partial charge in [0.2, 0.25) is 0 Å². The number of imide groups is 1. The summed E-state index contributed by atoms with van der Waals surface area (Å²) in [6.07, 6.45) is 0.708. The summed E-state index contributed by atoms with van der Waals surface area (Å²) < 4.78 is 10.6. The van der Waals surface area contributed by atoms with Crippen LogP contribution in [-0.2, 0) is 9.59 Å². The van der Waals surface area contributed by atoms with E-state index in [0.717, 1.165) is 4.90 Å². The van der Waals surface area contributed by atoms with Crippen molar-refractivity contribution in [2.75, 3.05) is 20.8 Å². The molecule has 2 aromatic carbocycles. The summed E-state index contributed by atoms with van der Waals surface area (Å²) in [5.74, 6) is 0.565. The number of hydrogen-bond donors (Lipinski definition) is 0. The molecule has 6 heteroatoms. The number of methoxy groups -OCH3 is 2. The van der Waals surface area contributed by atoms with E-state index in [1.54, 1.807) is 32.4 Å². The number of rotatable bonds is 7. The normalized spacial score (nSPS) is 14.1. The Morgan fingerprint density at radius 1 is 0.926 bits per heavy atom. The Bertz CT molecular complexity index is 892. The second-order valence-electron chi connectivity index (χ2n) is 5.95. The first-order chi connectivity index (χ1) is 13.1. The summed E-state index contributed by atoms with van der Waals surface area (Å²) in [7, 11) is 3.10. The van der Waals surface area contributed by atoms with Crippen molar-refractivity contribution in [2.24, 2.45) is 0 Å². The molecule has 5 nitrogen and oxygen atoms in total. The van der Waals surface area contributed by atoms with Crippen molar-refractivity contribution in [2.45, 2.75) is 18.2 Å². The molecule has 0 unspecified atom stereocenters. The third-order valence-corrected chi connectivity index (χ3v) is 5.30. The van der Waals surface area contributed by atoms with Crippen molar-refractivity contribution < 1.29 is 19.1 Å². The molecule has 0 radical (unpaired) electrons. The fourth-order valence-corrected chi connectivity index (χ4v) is 3.96. The molecule has 0 spiro atoms. The number of carbonyl (C=O) groups excluding carboxylic acids is 2. The molecule has 1 heterocycles. The van der Waals surface area contributed by atoms with Crippen LogP contribution in [0.15, 0.2) is 58.3 Å². The molecule has 27 heavy (non-hydrogen) atoms. The van der Waals surface area contributed by atoms with E-state index in [1.165, 1.54) is 16.7 Å². The van der Waals surface area contributed by atoms with Crippen LogP contribution in [0.25, 0.3) is 5.57 Å². The summed E-state index contributed by atoms with van der Waals surface area (Å²) in [5, 5.41) is 0. The van der Waals surface area contributed by atoms with Crippen molar-refractivity contribution in [3.8, 4) is 11.5 Å². The van der Waals surface area contributed by atoms with E-state index in [1.807, 2.05) is 37.3 Å². The van der Waals surface area contributed by atoms with Crippen LogP contribution in [0.2, 0.25) is 0 Å². The van der Waals surface area contributed by atoms with Crippen LogP contribution in [0.4, 0.5) is 0 Å². The molecule has 0 saturated carbocycles. The fourth-order valence-electron chi connectivity index (χ4n) is 2.93. The van der Waals surface area contributed by atoms with Gasteiger partial charge in [0.15, 0.2) is 11.5 Å². The first-order valence-electron chi connectivity index (χ1n) is 8.66. The smallest absolute Gasteiger partial charge is 0.268 e. The second kappa shape index (κ2) is 8.31. The molecule has 0 aliphatic carbocycles. The number of benzene rings is 2. The number of carbonyl (C=O) groups is 2.